The molecule has 22 heavy (non-hydrogen) atoms. The van der Waals surface area contributed by atoms with Crippen molar-refractivity contribution in [3.05, 3.63) is 24.0 Å². The maximum Gasteiger partial charge on any atom is 0.270 e. The first-order valence-electron chi connectivity index (χ1n) is 7.83. The zero-order valence-electron chi connectivity index (χ0n) is 12.6. The van der Waals surface area contributed by atoms with Crippen LogP contribution in [0.3, 0.4) is 0 Å². The van der Waals surface area contributed by atoms with Gasteiger partial charge < -0.3 is 15.5 Å². The zero-order valence-corrected chi connectivity index (χ0v) is 13.4. The fraction of sp³-hybridized carbons (Fsp3) is 0.500. The average Bonchev–Trinajstić information content (AvgIpc) is 2.98. The summed E-state index contributed by atoms with van der Waals surface area (Å²) in [5, 5.41) is 8.50. The van der Waals surface area contributed by atoms with Crippen LogP contribution in [0.5, 0.6) is 0 Å². The van der Waals surface area contributed by atoms with Gasteiger partial charge in [-0.15, -0.1) is 11.3 Å². The quantitative estimate of drug-likeness (QED) is 0.911. The van der Waals surface area contributed by atoms with E-state index in [2.05, 4.69) is 26.6 Å². The van der Waals surface area contributed by atoms with Gasteiger partial charge in [0.15, 0.2) is 0 Å². The van der Waals surface area contributed by atoms with Crippen LogP contribution in [0.15, 0.2) is 18.3 Å². The molecule has 6 heteroatoms. The van der Waals surface area contributed by atoms with Crippen LogP contribution in [0, 0.1) is 5.92 Å². The minimum atomic E-state index is -0.0416. The van der Waals surface area contributed by atoms with Crippen LogP contribution in [0.4, 0.5) is 5.00 Å². The van der Waals surface area contributed by atoms with Gasteiger partial charge in [0.1, 0.15) is 5.69 Å². The number of hydrogen-bond acceptors (Lipinski definition) is 5. The maximum absolute atomic E-state index is 12.5. The van der Waals surface area contributed by atoms with E-state index in [-0.39, 0.29) is 11.9 Å². The van der Waals surface area contributed by atoms with E-state index in [1.54, 1.807) is 17.5 Å². The molecule has 3 saturated heterocycles. The molecule has 2 aromatic rings. The summed E-state index contributed by atoms with van der Waals surface area (Å²) in [6.45, 7) is 3.36. The van der Waals surface area contributed by atoms with Crippen LogP contribution in [-0.2, 0) is 0 Å². The topological polar surface area (TPSA) is 57.3 Å². The fourth-order valence-electron chi connectivity index (χ4n) is 3.55. The van der Waals surface area contributed by atoms with Crippen LogP contribution >= 0.6 is 11.3 Å². The standard InChI is InChI=1S/C16H20N4OS/c1-17-15-6-11-8-18-12(7-14(11)22-15)16(21)19-13-9-20-4-2-10(13)3-5-20/h6-8,10,13,17H,2-5,9H2,1H3,(H,19,21). The van der Waals surface area contributed by atoms with Gasteiger partial charge in [0.25, 0.3) is 5.91 Å². The molecule has 0 saturated carbocycles. The lowest BCUT2D eigenvalue weighted by atomic mass is 9.84. The summed E-state index contributed by atoms with van der Waals surface area (Å²) in [6, 6.07) is 4.24. The van der Waals surface area contributed by atoms with Gasteiger partial charge in [-0.1, -0.05) is 0 Å². The summed E-state index contributed by atoms with van der Waals surface area (Å²) in [4.78, 5) is 19.3. The summed E-state index contributed by atoms with van der Waals surface area (Å²) in [6.07, 6.45) is 4.19. The van der Waals surface area contributed by atoms with E-state index < -0.39 is 0 Å². The third-order valence-electron chi connectivity index (χ3n) is 4.85. The van der Waals surface area contributed by atoms with E-state index in [9.17, 15) is 4.79 Å². The van der Waals surface area contributed by atoms with Gasteiger partial charge in [-0.05, 0) is 44.0 Å². The highest BCUT2D eigenvalue weighted by molar-refractivity contribution is 7.22. The summed E-state index contributed by atoms with van der Waals surface area (Å²) >= 11 is 1.65. The lowest BCUT2D eigenvalue weighted by Gasteiger charge is -2.44. The van der Waals surface area contributed by atoms with Crippen molar-refractivity contribution in [3.8, 4) is 0 Å². The number of pyridine rings is 1. The summed E-state index contributed by atoms with van der Waals surface area (Å²) in [5.41, 5.74) is 0.522. The van der Waals surface area contributed by atoms with Crippen molar-refractivity contribution in [2.45, 2.75) is 18.9 Å². The lowest BCUT2D eigenvalue weighted by molar-refractivity contribution is 0.0618. The summed E-state index contributed by atoms with van der Waals surface area (Å²) in [5.74, 6) is 0.593. The van der Waals surface area contributed by atoms with E-state index in [4.69, 9.17) is 0 Å². The second-order valence-corrected chi connectivity index (χ2v) is 7.27. The number of rotatable bonds is 3. The Balaban J connectivity index is 1.52. The Morgan fingerprint density at radius 1 is 1.36 bits per heavy atom. The van der Waals surface area contributed by atoms with E-state index in [0.717, 1.165) is 21.6 Å². The smallest absolute Gasteiger partial charge is 0.270 e. The molecule has 1 atom stereocenters. The molecule has 2 bridgehead atoms. The van der Waals surface area contributed by atoms with Gasteiger partial charge in [0.05, 0.1) is 5.00 Å². The van der Waals surface area contributed by atoms with Gasteiger partial charge >= 0.3 is 0 Å². The largest absolute Gasteiger partial charge is 0.380 e. The van der Waals surface area contributed by atoms with E-state index >= 15 is 0 Å². The van der Waals surface area contributed by atoms with Crippen molar-refractivity contribution in [2.24, 2.45) is 5.92 Å². The van der Waals surface area contributed by atoms with E-state index in [1.807, 2.05) is 13.1 Å². The molecule has 0 spiro atoms. The number of carbonyl (C=O) groups is 1. The van der Waals surface area contributed by atoms with Crippen LogP contribution in [0.1, 0.15) is 23.3 Å². The number of hydrogen-bond donors (Lipinski definition) is 2. The first-order chi connectivity index (χ1) is 10.7. The number of carbonyl (C=O) groups excluding carboxylic acids is 1. The number of aromatic nitrogens is 1. The van der Waals surface area contributed by atoms with Crippen LogP contribution in [0.25, 0.3) is 10.1 Å². The van der Waals surface area contributed by atoms with Crippen molar-refractivity contribution in [3.63, 3.8) is 0 Å². The number of nitrogens with one attached hydrogen (secondary N) is 2. The van der Waals surface area contributed by atoms with Crippen LogP contribution in [-0.4, -0.2) is 48.5 Å². The Kier molecular flexibility index (Phi) is 3.50. The molecule has 5 rings (SSSR count). The zero-order chi connectivity index (χ0) is 15.1. The summed E-state index contributed by atoms with van der Waals surface area (Å²) in [7, 11) is 1.90. The van der Waals surface area contributed by atoms with Gasteiger partial charge in [-0.3, -0.25) is 9.78 Å². The highest BCUT2D eigenvalue weighted by atomic mass is 32.1. The molecule has 5 heterocycles. The van der Waals surface area contributed by atoms with Gasteiger partial charge in [0.2, 0.25) is 0 Å². The molecule has 5 nitrogen and oxygen atoms in total. The average molecular weight is 316 g/mol. The van der Waals surface area contributed by atoms with Crippen LogP contribution < -0.4 is 10.6 Å². The third-order valence-corrected chi connectivity index (χ3v) is 5.97. The number of amides is 1. The van der Waals surface area contributed by atoms with E-state index in [0.29, 0.717) is 11.6 Å². The number of thiophene rings is 1. The van der Waals surface area contributed by atoms with Crippen molar-refractivity contribution >= 4 is 32.3 Å². The Hall–Kier alpha value is -1.66. The second kappa shape index (κ2) is 5.52. The second-order valence-electron chi connectivity index (χ2n) is 6.19. The molecule has 1 unspecified atom stereocenters. The van der Waals surface area contributed by atoms with Crippen LogP contribution in [0.2, 0.25) is 0 Å². The number of fused-ring (bicyclic) bond motifs is 4. The van der Waals surface area contributed by atoms with Crippen molar-refractivity contribution < 1.29 is 4.79 Å². The molecule has 0 aromatic carbocycles. The monoisotopic (exact) mass is 316 g/mol. The van der Waals surface area contributed by atoms with Crippen molar-refractivity contribution in [1.82, 2.24) is 15.2 Å². The Labute approximate surface area is 133 Å². The minimum Gasteiger partial charge on any atom is -0.380 e. The molecular formula is C16H20N4OS. The molecule has 0 radical (unpaired) electrons. The first kappa shape index (κ1) is 14.0. The molecule has 3 aliphatic rings. The predicted octanol–water partition coefficient (Wildman–Crippen LogP) is 2.16. The van der Waals surface area contributed by atoms with Gasteiger partial charge in [0, 0.05) is 35.9 Å². The van der Waals surface area contributed by atoms with E-state index in [1.165, 1.54) is 25.9 Å². The fourth-order valence-corrected chi connectivity index (χ4v) is 4.48. The number of nitrogens with zero attached hydrogens (tertiary/aromatic N) is 2. The number of piperidine rings is 3. The predicted molar refractivity (Wildman–Crippen MR) is 89.6 cm³/mol. The molecule has 1 amide bonds. The molecule has 3 fully saturated rings. The molecule has 2 aromatic heterocycles. The molecule has 0 aliphatic carbocycles. The lowest BCUT2D eigenvalue weighted by Crippen LogP contribution is -2.57. The molecule has 3 aliphatic heterocycles. The summed E-state index contributed by atoms with van der Waals surface area (Å²) < 4.78 is 1.10. The third kappa shape index (κ3) is 2.46. The number of anilines is 1. The minimum absolute atomic E-state index is 0.0416. The highest BCUT2D eigenvalue weighted by Gasteiger charge is 2.35. The Morgan fingerprint density at radius 3 is 2.86 bits per heavy atom. The van der Waals surface area contributed by atoms with Gasteiger partial charge in [-0.2, -0.15) is 0 Å². The SMILES string of the molecule is CNc1cc2cnc(C(=O)NC3CN4CCC3CC4)cc2s1. The normalized spacial score (nSPS) is 27.0. The Morgan fingerprint density at radius 2 is 2.18 bits per heavy atom. The molecular weight excluding hydrogens is 296 g/mol. The van der Waals surface area contributed by atoms with Gasteiger partial charge in [-0.25, -0.2) is 0 Å². The Bertz CT molecular complexity index is 705. The van der Waals surface area contributed by atoms with Crippen molar-refractivity contribution in [2.75, 3.05) is 32.0 Å². The van der Waals surface area contributed by atoms with Crippen molar-refractivity contribution in [1.29, 1.82) is 0 Å². The molecule has 116 valence electrons. The maximum atomic E-state index is 12.5. The first-order valence-corrected chi connectivity index (χ1v) is 8.65. The highest BCUT2D eigenvalue weighted by Crippen LogP contribution is 2.30. The molecule has 2 N–H and O–H groups in total.